The van der Waals surface area contributed by atoms with Gasteiger partial charge in [0.05, 0.1) is 6.04 Å². The zero-order valence-corrected chi connectivity index (χ0v) is 10.9. The van der Waals surface area contributed by atoms with E-state index < -0.39 is 0 Å². The number of thioether (sulfide) groups is 1. The number of benzene rings is 1. The Bertz CT molecular complexity index is 420. The summed E-state index contributed by atoms with van der Waals surface area (Å²) in [7, 11) is 0. The normalized spacial score (nSPS) is 21.8. The topological polar surface area (TPSA) is 24.4 Å². The molecule has 1 heterocycles. The van der Waals surface area contributed by atoms with E-state index in [1.54, 1.807) is 23.9 Å². The lowest BCUT2D eigenvalue weighted by molar-refractivity contribution is 0.617. The van der Waals surface area contributed by atoms with Crippen molar-refractivity contribution in [3.63, 3.8) is 0 Å². The van der Waals surface area contributed by atoms with Gasteiger partial charge in [-0.3, -0.25) is 4.99 Å². The molecule has 0 spiro atoms. The molecule has 1 aliphatic rings. The second-order valence-corrected chi connectivity index (χ2v) is 5.49. The van der Waals surface area contributed by atoms with Gasteiger partial charge >= 0.3 is 0 Å². The zero-order valence-electron chi connectivity index (χ0n) is 10.1. The van der Waals surface area contributed by atoms with Gasteiger partial charge in [-0.15, -0.1) is 0 Å². The van der Waals surface area contributed by atoms with E-state index in [2.05, 4.69) is 17.2 Å². The summed E-state index contributed by atoms with van der Waals surface area (Å²) < 4.78 is 13.1. The number of nitrogens with one attached hydrogen (secondary N) is 1. The molecule has 2 atom stereocenters. The Morgan fingerprint density at radius 1 is 1.53 bits per heavy atom. The lowest BCUT2D eigenvalue weighted by Gasteiger charge is -2.21. The Kier molecular flexibility index (Phi) is 4.05. The van der Waals surface area contributed by atoms with Crippen LogP contribution >= 0.6 is 11.8 Å². The van der Waals surface area contributed by atoms with Gasteiger partial charge in [0.2, 0.25) is 0 Å². The standard InChI is InChI=1S/C13H17FN2S/c1-9-7-15-13(17-8-9)16-10(2)11-4-3-5-12(14)6-11/h3-6,9-10H,7-8H2,1-2H3,(H,15,16). The third-order valence-corrected chi connectivity index (χ3v) is 4.00. The van der Waals surface area contributed by atoms with Gasteiger partial charge in [0.25, 0.3) is 0 Å². The third kappa shape index (κ3) is 3.46. The maximum absolute atomic E-state index is 13.1. The van der Waals surface area contributed by atoms with Crippen molar-refractivity contribution in [3.8, 4) is 0 Å². The van der Waals surface area contributed by atoms with Crippen molar-refractivity contribution < 1.29 is 4.39 Å². The summed E-state index contributed by atoms with van der Waals surface area (Å²) in [5.74, 6) is 1.56. The van der Waals surface area contributed by atoms with Crippen molar-refractivity contribution in [2.75, 3.05) is 12.3 Å². The summed E-state index contributed by atoms with van der Waals surface area (Å²) in [6, 6.07) is 6.78. The van der Waals surface area contributed by atoms with Gasteiger partial charge in [0.1, 0.15) is 5.82 Å². The van der Waals surface area contributed by atoms with Gasteiger partial charge in [-0.05, 0) is 30.5 Å². The maximum atomic E-state index is 13.1. The molecule has 0 aliphatic carbocycles. The maximum Gasteiger partial charge on any atom is 0.157 e. The summed E-state index contributed by atoms with van der Waals surface area (Å²) in [6.07, 6.45) is 0. The lowest BCUT2D eigenvalue weighted by Crippen LogP contribution is -2.28. The number of rotatable bonds is 2. The number of hydrogen-bond donors (Lipinski definition) is 1. The molecule has 2 nitrogen and oxygen atoms in total. The van der Waals surface area contributed by atoms with Crippen LogP contribution < -0.4 is 5.32 Å². The molecule has 1 aromatic carbocycles. The lowest BCUT2D eigenvalue weighted by atomic mass is 10.1. The van der Waals surface area contributed by atoms with Crippen LogP contribution in [0.2, 0.25) is 0 Å². The van der Waals surface area contributed by atoms with Crippen molar-refractivity contribution in [1.29, 1.82) is 0 Å². The molecule has 0 bridgehead atoms. The van der Waals surface area contributed by atoms with Gasteiger partial charge in [-0.2, -0.15) is 0 Å². The Morgan fingerprint density at radius 2 is 2.35 bits per heavy atom. The van der Waals surface area contributed by atoms with Crippen molar-refractivity contribution in [2.45, 2.75) is 19.9 Å². The first-order valence-electron chi connectivity index (χ1n) is 5.84. The first-order valence-corrected chi connectivity index (χ1v) is 6.83. The van der Waals surface area contributed by atoms with Crippen LogP contribution in [0.5, 0.6) is 0 Å². The molecule has 4 heteroatoms. The van der Waals surface area contributed by atoms with Crippen molar-refractivity contribution in [3.05, 3.63) is 35.6 Å². The highest BCUT2D eigenvalue weighted by molar-refractivity contribution is 8.13. The SMILES string of the molecule is CC1CN=C(NC(C)c2cccc(F)c2)SC1. The number of hydrogen-bond acceptors (Lipinski definition) is 3. The predicted molar refractivity (Wildman–Crippen MR) is 71.9 cm³/mol. The molecule has 17 heavy (non-hydrogen) atoms. The number of aliphatic imine (C=N–C) groups is 1. The molecule has 0 fully saturated rings. The monoisotopic (exact) mass is 252 g/mol. The van der Waals surface area contributed by atoms with E-state index in [-0.39, 0.29) is 11.9 Å². The van der Waals surface area contributed by atoms with E-state index in [0.29, 0.717) is 5.92 Å². The van der Waals surface area contributed by atoms with Crippen LogP contribution in [0.4, 0.5) is 4.39 Å². The minimum absolute atomic E-state index is 0.0883. The summed E-state index contributed by atoms with van der Waals surface area (Å²) in [5.41, 5.74) is 0.951. The van der Waals surface area contributed by atoms with E-state index >= 15 is 0 Å². The molecule has 92 valence electrons. The number of amidine groups is 1. The molecule has 2 unspecified atom stereocenters. The van der Waals surface area contributed by atoms with E-state index in [1.807, 2.05) is 13.0 Å². The van der Waals surface area contributed by atoms with Crippen molar-refractivity contribution in [2.24, 2.45) is 10.9 Å². The summed E-state index contributed by atoms with van der Waals surface area (Å²) >= 11 is 1.74. The molecule has 1 aromatic rings. The summed E-state index contributed by atoms with van der Waals surface area (Å²) in [5, 5.41) is 4.30. The fourth-order valence-corrected chi connectivity index (χ4v) is 2.66. The minimum atomic E-state index is -0.192. The van der Waals surface area contributed by atoms with Crippen LogP contribution in [0.1, 0.15) is 25.5 Å². The first-order chi connectivity index (χ1) is 8.15. The van der Waals surface area contributed by atoms with Crippen LogP contribution in [0.15, 0.2) is 29.3 Å². The quantitative estimate of drug-likeness (QED) is 0.874. The van der Waals surface area contributed by atoms with E-state index in [4.69, 9.17) is 0 Å². The van der Waals surface area contributed by atoms with E-state index in [1.165, 1.54) is 6.07 Å². The number of halogens is 1. The second-order valence-electron chi connectivity index (χ2n) is 4.48. The fraction of sp³-hybridized carbons (Fsp3) is 0.462. The number of nitrogens with zero attached hydrogens (tertiary/aromatic N) is 1. The smallest absolute Gasteiger partial charge is 0.157 e. The second kappa shape index (κ2) is 5.54. The molecule has 0 saturated heterocycles. The molecule has 0 aromatic heterocycles. The Balaban J connectivity index is 1.99. The Hall–Kier alpha value is -1.03. The zero-order chi connectivity index (χ0) is 12.3. The summed E-state index contributed by atoms with van der Waals surface area (Å²) in [4.78, 5) is 4.47. The Labute approximate surface area is 106 Å². The predicted octanol–water partition coefficient (Wildman–Crippen LogP) is 3.22. The van der Waals surface area contributed by atoms with Crippen LogP contribution in [0.25, 0.3) is 0 Å². The fourth-order valence-electron chi connectivity index (χ4n) is 1.69. The first kappa shape index (κ1) is 12.4. The minimum Gasteiger partial charge on any atom is -0.358 e. The largest absolute Gasteiger partial charge is 0.358 e. The molecule has 2 rings (SSSR count). The van der Waals surface area contributed by atoms with Gasteiger partial charge in [0.15, 0.2) is 5.17 Å². The van der Waals surface area contributed by atoms with Gasteiger partial charge < -0.3 is 5.32 Å². The van der Waals surface area contributed by atoms with Crippen LogP contribution in [0.3, 0.4) is 0 Å². The molecular weight excluding hydrogens is 235 g/mol. The summed E-state index contributed by atoms with van der Waals surface area (Å²) in [6.45, 7) is 5.10. The average Bonchev–Trinajstić information content (AvgIpc) is 2.32. The van der Waals surface area contributed by atoms with Crippen LogP contribution in [-0.2, 0) is 0 Å². The highest BCUT2D eigenvalue weighted by Gasteiger charge is 2.14. The van der Waals surface area contributed by atoms with E-state index in [0.717, 1.165) is 23.0 Å². The van der Waals surface area contributed by atoms with Gasteiger partial charge in [-0.25, -0.2) is 4.39 Å². The van der Waals surface area contributed by atoms with E-state index in [9.17, 15) is 4.39 Å². The highest BCUT2D eigenvalue weighted by atomic mass is 32.2. The molecule has 1 aliphatic heterocycles. The van der Waals surface area contributed by atoms with Crippen LogP contribution in [0, 0.1) is 11.7 Å². The molecule has 0 radical (unpaired) electrons. The molecule has 0 saturated carbocycles. The molecule has 1 N–H and O–H groups in total. The highest BCUT2D eigenvalue weighted by Crippen LogP contribution is 2.19. The van der Waals surface area contributed by atoms with Crippen LogP contribution in [-0.4, -0.2) is 17.5 Å². The molecule has 0 amide bonds. The molecular formula is C13H17FN2S. The van der Waals surface area contributed by atoms with Crippen molar-refractivity contribution in [1.82, 2.24) is 5.32 Å². The third-order valence-electron chi connectivity index (χ3n) is 2.74. The Morgan fingerprint density at radius 3 is 3.00 bits per heavy atom. The van der Waals surface area contributed by atoms with Gasteiger partial charge in [0, 0.05) is 12.3 Å². The average molecular weight is 252 g/mol. The van der Waals surface area contributed by atoms with Crippen molar-refractivity contribution >= 4 is 16.9 Å². The van der Waals surface area contributed by atoms with Gasteiger partial charge in [-0.1, -0.05) is 30.8 Å².